The molecule has 18 heavy (non-hydrogen) atoms. The van der Waals surface area contributed by atoms with E-state index in [1.54, 1.807) is 0 Å². The summed E-state index contributed by atoms with van der Waals surface area (Å²) in [4.78, 5) is 14.6. The molecular formula is C9H6BrF4NO3. The van der Waals surface area contributed by atoms with Crippen LogP contribution >= 0.6 is 15.9 Å². The molecule has 1 aromatic heterocycles. The fourth-order valence-corrected chi connectivity index (χ4v) is 1.44. The number of ether oxygens (including phenoxy) is 2. The fraction of sp³-hybridized carbons (Fsp3) is 0.333. The molecule has 0 aliphatic carbocycles. The van der Waals surface area contributed by atoms with Crippen LogP contribution in [0.5, 0.6) is 5.75 Å². The van der Waals surface area contributed by atoms with Gasteiger partial charge in [0, 0.05) is 17.1 Å². The molecule has 0 saturated heterocycles. The first-order valence-electron chi connectivity index (χ1n) is 4.37. The van der Waals surface area contributed by atoms with E-state index in [9.17, 15) is 22.4 Å². The molecule has 0 atom stereocenters. The Morgan fingerprint density at radius 2 is 2.11 bits per heavy atom. The van der Waals surface area contributed by atoms with Gasteiger partial charge in [0.15, 0.2) is 17.3 Å². The number of pyridine rings is 1. The maximum absolute atomic E-state index is 13.7. The normalized spacial score (nSPS) is 11.2. The molecular weight excluding hydrogens is 326 g/mol. The Labute approximate surface area is 107 Å². The quantitative estimate of drug-likeness (QED) is 0.485. The van der Waals surface area contributed by atoms with Crippen LogP contribution in [0.25, 0.3) is 0 Å². The van der Waals surface area contributed by atoms with Crippen molar-refractivity contribution in [2.24, 2.45) is 0 Å². The molecule has 0 aliphatic rings. The predicted molar refractivity (Wildman–Crippen MR) is 54.8 cm³/mol. The van der Waals surface area contributed by atoms with Gasteiger partial charge in [0.1, 0.15) is 0 Å². The van der Waals surface area contributed by atoms with Gasteiger partial charge in [0.05, 0.1) is 7.11 Å². The number of hydrogen-bond acceptors (Lipinski definition) is 4. The summed E-state index contributed by atoms with van der Waals surface area (Å²) < 4.78 is 57.7. The number of nitrogens with zero attached hydrogens (tertiary/aromatic N) is 1. The summed E-state index contributed by atoms with van der Waals surface area (Å²) in [7, 11) is 0.928. The van der Waals surface area contributed by atoms with Crippen molar-refractivity contribution >= 4 is 21.9 Å². The number of halogens is 5. The predicted octanol–water partition coefficient (Wildman–Crippen LogP) is 2.80. The van der Waals surface area contributed by atoms with E-state index in [0.717, 1.165) is 13.3 Å². The summed E-state index contributed by atoms with van der Waals surface area (Å²) in [5.41, 5.74) is -1.06. The second-order valence-electron chi connectivity index (χ2n) is 2.95. The lowest BCUT2D eigenvalue weighted by atomic mass is 10.2. The molecule has 0 aromatic carbocycles. The van der Waals surface area contributed by atoms with E-state index < -0.39 is 29.6 Å². The van der Waals surface area contributed by atoms with E-state index in [-0.39, 0.29) is 10.9 Å². The molecule has 1 rings (SSSR count). The van der Waals surface area contributed by atoms with E-state index >= 15 is 0 Å². The van der Waals surface area contributed by atoms with Gasteiger partial charge in [-0.25, -0.2) is 14.2 Å². The highest BCUT2D eigenvalue weighted by molar-refractivity contribution is 9.08. The summed E-state index contributed by atoms with van der Waals surface area (Å²) in [6.45, 7) is 0. The maximum Gasteiger partial charge on any atom is 0.573 e. The lowest BCUT2D eigenvalue weighted by Crippen LogP contribution is -2.21. The molecule has 0 spiro atoms. The Morgan fingerprint density at radius 3 is 2.56 bits per heavy atom. The van der Waals surface area contributed by atoms with Gasteiger partial charge in [-0.05, 0) is 0 Å². The minimum Gasteiger partial charge on any atom is -0.464 e. The second kappa shape index (κ2) is 5.51. The first kappa shape index (κ1) is 14.7. The summed E-state index contributed by atoms with van der Waals surface area (Å²) in [6, 6.07) is 0. The van der Waals surface area contributed by atoms with Gasteiger partial charge in [-0.2, -0.15) is 0 Å². The van der Waals surface area contributed by atoms with Gasteiger partial charge < -0.3 is 9.47 Å². The van der Waals surface area contributed by atoms with Crippen molar-refractivity contribution in [1.29, 1.82) is 0 Å². The molecule has 0 N–H and O–H groups in total. The van der Waals surface area contributed by atoms with E-state index in [1.807, 2.05) is 0 Å². The maximum atomic E-state index is 13.7. The Kier molecular flexibility index (Phi) is 4.49. The van der Waals surface area contributed by atoms with Gasteiger partial charge in [-0.1, -0.05) is 15.9 Å². The van der Waals surface area contributed by atoms with Gasteiger partial charge >= 0.3 is 12.3 Å². The molecule has 0 bridgehead atoms. The van der Waals surface area contributed by atoms with Crippen LogP contribution in [0.4, 0.5) is 17.6 Å². The van der Waals surface area contributed by atoms with Crippen molar-refractivity contribution in [3.05, 3.63) is 23.3 Å². The Bertz CT molecular complexity index is 464. The van der Waals surface area contributed by atoms with Crippen LogP contribution in [0.3, 0.4) is 0 Å². The average Bonchev–Trinajstić information content (AvgIpc) is 2.29. The Balaban J connectivity index is 3.35. The highest BCUT2D eigenvalue weighted by atomic mass is 79.9. The first-order valence-corrected chi connectivity index (χ1v) is 5.49. The summed E-state index contributed by atoms with van der Waals surface area (Å²) in [5, 5.41) is -0.0818. The second-order valence-corrected chi connectivity index (χ2v) is 3.51. The van der Waals surface area contributed by atoms with Gasteiger partial charge in [0.2, 0.25) is 0 Å². The summed E-state index contributed by atoms with van der Waals surface area (Å²) in [5.74, 6) is -3.85. The van der Waals surface area contributed by atoms with Crippen LogP contribution in [-0.2, 0) is 10.1 Å². The zero-order valence-corrected chi connectivity index (χ0v) is 10.4. The SMILES string of the molecule is COC(=O)c1ncc(CBr)c(F)c1OC(F)(F)F. The highest BCUT2D eigenvalue weighted by Crippen LogP contribution is 2.31. The number of aromatic nitrogens is 1. The van der Waals surface area contributed by atoms with E-state index in [0.29, 0.717) is 0 Å². The van der Waals surface area contributed by atoms with Gasteiger partial charge in [0.25, 0.3) is 0 Å². The highest BCUT2D eigenvalue weighted by Gasteiger charge is 2.36. The van der Waals surface area contributed by atoms with E-state index in [1.165, 1.54) is 0 Å². The number of esters is 1. The molecule has 1 aromatic rings. The molecule has 1 heterocycles. The van der Waals surface area contributed by atoms with Crippen LogP contribution in [0.15, 0.2) is 6.20 Å². The summed E-state index contributed by atoms with van der Waals surface area (Å²) in [6.07, 6.45) is -4.23. The lowest BCUT2D eigenvalue weighted by Gasteiger charge is -2.13. The van der Waals surface area contributed by atoms with E-state index in [4.69, 9.17) is 0 Å². The van der Waals surface area contributed by atoms with Crippen molar-refractivity contribution in [2.75, 3.05) is 7.11 Å². The lowest BCUT2D eigenvalue weighted by molar-refractivity contribution is -0.275. The third-order valence-corrected chi connectivity index (χ3v) is 2.39. The molecule has 0 saturated carbocycles. The monoisotopic (exact) mass is 331 g/mol. The number of alkyl halides is 4. The molecule has 0 unspecified atom stereocenters. The number of rotatable bonds is 3. The zero-order chi connectivity index (χ0) is 13.9. The average molecular weight is 332 g/mol. The molecule has 9 heteroatoms. The van der Waals surface area contributed by atoms with Crippen molar-refractivity contribution in [1.82, 2.24) is 4.98 Å². The first-order chi connectivity index (χ1) is 8.30. The van der Waals surface area contributed by atoms with Gasteiger partial charge in [-0.15, -0.1) is 13.2 Å². The smallest absolute Gasteiger partial charge is 0.464 e. The molecule has 0 amide bonds. The minimum atomic E-state index is -5.14. The topological polar surface area (TPSA) is 48.4 Å². The molecule has 0 aliphatic heterocycles. The van der Waals surface area contributed by atoms with Crippen molar-refractivity contribution in [2.45, 2.75) is 11.7 Å². The standard InChI is InChI=1S/C9H6BrF4NO3/c1-17-8(16)6-7(18-9(12,13)14)5(11)4(2-10)3-15-6/h3H,2H2,1H3. The summed E-state index contributed by atoms with van der Waals surface area (Å²) >= 11 is 2.87. The molecule has 4 nitrogen and oxygen atoms in total. The largest absolute Gasteiger partial charge is 0.573 e. The molecule has 100 valence electrons. The Morgan fingerprint density at radius 1 is 1.50 bits per heavy atom. The number of carbonyl (C=O) groups excluding carboxylic acids is 1. The van der Waals surface area contributed by atoms with Crippen LogP contribution < -0.4 is 4.74 Å². The molecule has 0 fully saturated rings. The Hall–Kier alpha value is -1.38. The van der Waals surface area contributed by atoms with Crippen molar-refractivity contribution < 1.29 is 31.8 Å². The fourth-order valence-electron chi connectivity index (χ4n) is 1.05. The number of methoxy groups -OCH3 is 1. The third kappa shape index (κ3) is 3.31. The van der Waals surface area contributed by atoms with Crippen molar-refractivity contribution in [3.63, 3.8) is 0 Å². The molecule has 0 radical (unpaired) electrons. The van der Waals surface area contributed by atoms with Crippen LogP contribution in [0, 0.1) is 5.82 Å². The van der Waals surface area contributed by atoms with Crippen LogP contribution in [0.1, 0.15) is 16.1 Å². The van der Waals surface area contributed by atoms with Gasteiger partial charge in [-0.3, -0.25) is 0 Å². The number of hydrogen-bond donors (Lipinski definition) is 0. The van der Waals surface area contributed by atoms with Crippen molar-refractivity contribution in [3.8, 4) is 5.75 Å². The minimum absolute atomic E-state index is 0.0818. The zero-order valence-electron chi connectivity index (χ0n) is 8.85. The third-order valence-electron chi connectivity index (χ3n) is 1.79. The van der Waals surface area contributed by atoms with Crippen LogP contribution in [-0.4, -0.2) is 24.4 Å². The van der Waals surface area contributed by atoms with Crippen LogP contribution in [0.2, 0.25) is 0 Å². The number of carbonyl (C=O) groups is 1. The van der Waals surface area contributed by atoms with E-state index in [2.05, 4.69) is 30.4 Å².